The highest BCUT2D eigenvalue weighted by Crippen LogP contribution is 2.34. The van der Waals surface area contributed by atoms with Gasteiger partial charge in [-0.2, -0.15) is 13.2 Å². The highest BCUT2D eigenvalue weighted by molar-refractivity contribution is 7.88. The molecule has 0 amide bonds. The van der Waals surface area contributed by atoms with Gasteiger partial charge in [-0.3, -0.25) is 0 Å². The van der Waals surface area contributed by atoms with Gasteiger partial charge >= 0.3 is 6.18 Å². The first-order valence-corrected chi connectivity index (χ1v) is 9.61. The minimum Gasteiger partial charge on any atom is -0.329 e. The number of halogens is 4. The monoisotopic (exact) mass is 400 g/mol. The van der Waals surface area contributed by atoms with Crippen molar-refractivity contribution < 1.29 is 21.6 Å². The summed E-state index contributed by atoms with van der Waals surface area (Å²) in [6, 6.07) is 4.40. The Kier molecular flexibility index (Phi) is 7.32. The van der Waals surface area contributed by atoms with Crippen molar-refractivity contribution in [2.45, 2.75) is 50.1 Å². The van der Waals surface area contributed by atoms with Crippen molar-refractivity contribution >= 4 is 22.4 Å². The molecule has 2 unspecified atom stereocenters. The van der Waals surface area contributed by atoms with Crippen molar-refractivity contribution in [2.24, 2.45) is 11.7 Å². The van der Waals surface area contributed by atoms with Crippen molar-refractivity contribution in [3.63, 3.8) is 0 Å². The summed E-state index contributed by atoms with van der Waals surface area (Å²) in [6.45, 7) is 2.13. The predicted molar refractivity (Wildman–Crippen MR) is 93.9 cm³/mol. The summed E-state index contributed by atoms with van der Waals surface area (Å²) in [6.07, 6.45) is -1.06. The van der Waals surface area contributed by atoms with Gasteiger partial charge in [-0.25, -0.2) is 13.1 Å². The molecule has 4 nitrogen and oxygen atoms in total. The zero-order chi connectivity index (χ0) is 18.0. The van der Waals surface area contributed by atoms with Crippen LogP contribution in [0.25, 0.3) is 0 Å². The number of sulfonamides is 1. The lowest BCUT2D eigenvalue weighted by Crippen LogP contribution is -2.59. The molecule has 1 aromatic rings. The van der Waals surface area contributed by atoms with Crippen molar-refractivity contribution in [1.29, 1.82) is 0 Å². The van der Waals surface area contributed by atoms with Crippen LogP contribution in [0.5, 0.6) is 0 Å². The van der Waals surface area contributed by atoms with Gasteiger partial charge < -0.3 is 5.73 Å². The van der Waals surface area contributed by atoms with Crippen LogP contribution in [0.15, 0.2) is 24.3 Å². The molecule has 1 fully saturated rings. The van der Waals surface area contributed by atoms with Gasteiger partial charge in [-0.15, -0.1) is 12.4 Å². The van der Waals surface area contributed by atoms with Crippen LogP contribution in [0, 0.1) is 5.92 Å². The first-order valence-electron chi connectivity index (χ1n) is 7.96. The third-order valence-electron chi connectivity index (χ3n) is 4.79. The highest BCUT2D eigenvalue weighted by Gasteiger charge is 2.40. The van der Waals surface area contributed by atoms with E-state index >= 15 is 0 Å². The first kappa shape index (κ1) is 22.2. The van der Waals surface area contributed by atoms with Gasteiger partial charge in [0.25, 0.3) is 0 Å². The first-order chi connectivity index (χ1) is 11.1. The molecular weight excluding hydrogens is 377 g/mol. The van der Waals surface area contributed by atoms with Gasteiger partial charge in [0.2, 0.25) is 10.0 Å². The molecule has 0 saturated heterocycles. The Bertz CT molecular complexity index is 682. The van der Waals surface area contributed by atoms with Crippen molar-refractivity contribution in [1.82, 2.24) is 4.72 Å². The molecule has 0 aliphatic heterocycles. The summed E-state index contributed by atoms with van der Waals surface area (Å²) in [5.74, 6) is -0.404. The topological polar surface area (TPSA) is 72.2 Å². The van der Waals surface area contributed by atoms with Gasteiger partial charge in [-0.05, 0) is 30.4 Å². The quantitative estimate of drug-likeness (QED) is 0.795. The normalized spacial score (nSPS) is 24.6. The number of hydrogen-bond donors (Lipinski definition) is 2. The molecular formula is C16H24ClF3N2O2S. The Labute approximate surface area is 152 Å². The Hall–Kier alpha value is -0.830. The number of rotatable bonds is 5. The van der Waals surface area contributed by atoms with Crippen molar-refractivity contribution in [3.8, 4) is 0 Å². The number of nitrogens with one attached hydrogen (secondary N) is 1. The fourth-order valence-corrected chi connectivity index (χ4v) is 5.01. The van der Waals surface area contributed by atoms with Crippen LogP contribution in [-0.2, 0) is 22.0 Å². The van der Waals surface area contributed by atoms with Gasteiger partial charge in [0.1, 0.15) is 0 Å². The summed E-state index contributed by atoms with van der Waals surface area (Å²) in [5, 5.41) is 0. The maximum atomic E-state index is 12.8. The second-order valence-corrected chi connectivity index (χ2v) is 8.29. The third-order valence-corrected chi connectivity index (χ3v) is 6.22. The van der Waals surface area contributed by atoms with E-state index in [0.717, 1.165) is 31.4 Å². The fourth-order valence-electron chi connectivity index (χ4n) is 3.31. The molecule has 144 valence electrons. The van der Waals surface area contributed by atoms with Crippen LogP contribution < -0.4 is 10.5 Å². The Balaban J connectivity index is 0.00000312. The number of alkyl halides is 3. The lowest BCUT2D eigenvalue weighted by molar-refractivity contribution is -0.137. The van der Waals surface area contributed by atoms with Crippen LogP contribution in [-0.4, -0.2) is 20.5 Å². The molecule has 0 radical (unpaired) electrons. The van der Waals surface area contributed by atoms with Gasteiger partial charge in [0.15, 0.2) is 0 Å². The van der Waals surface area contributed by atoms with Crippen molar-refractivity contribution in [2.75, 3.05) is 6.54 Å². The maximum absolute atomic E-state index is 12.8. The molecule has 3 N–H and O–H groups in total. The largest absolute Gasteiger partial charge is 0.416 e. The van der Waals surface area contributed by atoms with Crippen LogP contribution in [0.2, 0.25) is 0 Å². The lowest BCUT2D eigenvalue weighted by atomic mass is 9.74. The smallest absolute Gasteiger partial charge is 0.329 e. The molecule has 25 heavy (non-hydrogen) atoms. The number of benzene rings is 1. The summed E-state index contributed by atoms with van der Waals surface area (Å²) in [7, 11) is -3.80. The molecule has 0 spiro atoms. The second-order valence-electron chi connectivity index (χ2n) is 6.57. The van der Waals surface area contributed by atoms with Gasteiger partial charge in [-0.1, -0.05) is 38.0 Å². The number of nitrogens with two attached hydrogens (primary N) is 1. The average Bonchev–Trinajstić information content (AvgIpc) is 2.48. The molecule has 1 saturated carbocycles. The molecule has 0 aromatic heterocycles. The van der Waals surface area contributed by atoms with E-state index in [1.807, 2.05) is 6.92 Å². The SMILES string of the molecule is CC1CCCCC1(CN)NS(=O)(=O)Cc1cccc(C(F)(F)F)c1.Cl. The minimum atomic E-state index is -4.50. The minimum absolute atomic E-state index is 0. The van der Waals surface area contributed by atoms with E-state index in [-0.39, 0.29) is 30.4 Å². The van der Waals surface area contributed by atoms with Crippen LogP contribution in [0.3, 0.4) is 0 Å². The summed E-state index contributed by atoms with van der Waals surface area (Å²) >= 11 is 0. The van der Waals surface area contributed by atoms with E-state index in [0.29, 0.717) is 6.42 Å². The van der Waals surface area contributed by atoms with Gasteiger partial charge in [0.05, 0.1) is 11.3 Å². The molecule has 2 atom stereocenters. The molecule has 0 bridgehead atoms. The molecule has 1 aliphatic rings. The molecule has 1 aliphatic carbocycles. The van der Waals surface area contributed by atoms with E-state index < -0.39 is 33.1 Å². The zero-order valence-corrected chi connectivity index (χ0v) is 15.6. The molecule has 2 rings (SSSR count). The van der Waals surface area contributed by atoms with E-state index in [4.69, 9.17) is 5.73 Å². The van der Waals surface area contributed by atoms with Crippen LogP contribution in [0.4, 0.5) is 13.2 Å². The van der Waals surface area contributed by atoms with E-state index in [1.165, 1.54) is 12.1 Å². The van der Waals surface area contributed by atoms with Gasteiger partial charge in [0, 0.05) is 12.1 Å². The summed E-state index contributed by atoms with van der Waals surface area (Å²) < 4.78 is 65.9. The summed E-state index contributed by atoms with van der Waals surface area (Å²) in [4.78, 5) is 0. The number of hydrogen-bond acceptors (Lipinski definition) is 3. The molecule has 9 heteroatoms. The van der Waals surface area contributed by atoms with E-state index in [2.05, 4.69) is 4.72 Å². The van der Waals surface area contributed by atoms with E-state index in [1.54, 1.807) is 0 Å². The van der Waals surface area contributed by atoms with Crippen LogP contribution in [0.1, 0.15) is 43.7 Å². The summed E-state index contributed by atoms with van der Waals surface area (Å²) in [5.41, 5.74) is 4.38. The average molecular weight is 401 g/mol. The zero-order valence-electron chi connectivity index (χ0n) is 14.0. The molecule has 1 aromatic carbocycles. The predicted octanol–water partition coefficient (Wildman–Crippen LogP) is 3.45. The standard InChI is InChI=1S/C16H23F3N2O2S.ClH/c1-12-5-2-3-8-15(12,11-20)21-24(22,23)10-13-6-4-7-14(9-13)16(17,18)19;/h4,6-7,9,12,21H,2-3,5,8,10-11,20H2,1H3;1H. The second kappa shape index (κ2) is 8.24. The Morgan fingerprint density at radius 2 is 2.00 bits per heavy atom. The molecule has 0 heterocycles. The van der Waals surface area contributed by atoms with Crippen LogP contribution >= 0.6 is 12.4 Å². The fraction of sp³-hybridized carbons (Fsp3) is 0.625. The van der Waals surface area contributed by atoms with Crippen molar-refractivity contribution in [3.05, 3.63) is 35.4 Å². The Morgan fingerprint density at radius 1 is 1.32 bits per heavy atom. The van der Waals surface area contributed by atoms with E-state index in [9.17, 15) is 21.6 Å². The lowest BCUT2D eigenvalue weighted by Gasteiger charge is -2.42. The third kappa shape index (κ3) is 5.57. The Morgan fingerprint density at radius 3 is 2.56 bits per heavy atom. The maximum Gasteiger partial charge on any atom is 0.416 e. The highest BCUT2D eigenvalue weighted by atomic mass is 35.5.